The third kappa shape index (κ3) is 4.03. The van der Waals surface area contributed by atoms with Crippen molar-refractivity contribution in [2.24, 2.45) is 0 Å². The van der Waals surface area contributed by atoms with Gasteiger partial charge in [-0.15, -0.1) is 11.3 Å². The molecule has 20 heavy (non-hydrogen) atoms. The van der Waals surface area contributed by atoms with Crippen LogP contribution in [0, 0.1) is 0 Å². The lowest BCUT2D eigenvalue weighted by atomic mass is 9.98. The van der Waals surface area contributed by atoms with Crippen LogP contribution in [0.4, 0.5) is 0 Å². The zero-order valence-corrected chi connectivity index (χ0v) is 12.4. The monoisotopic (exact) mass is 300 g/mol. The Morgan fingerprint density at radius 3 is 2.50 bits per heavy atom. The highest BCUT2D eigenvalue weighted by Crippen LogP contribution is 2.11. The highest BCUT2D eigenvalue weighted by molar-refractivity contribution is 7.12. The summed E-state index contributed by atoms with van der Waals surface area (Å²) in [6.45, 7) is 0.925. The van der Waals surface area contributed by atoms with E-state index in [1.165, 1.54) is 23.3 Å². The van der Waals surface area contributed by atoms with Crippen molar-refractivity contribution in [2.45, 2.75) is 18.9 Å². The molecule has 0 unspecified atom stereocenters. The van der Waals surface area contributed by atoms with Crippen LogP contribution >= 0.6 is 11.3 Å². The summed E-state index contributed by atoms with van der Waals surface area (Å²) >= 11 is 1.31. The second-order valence-corrected chi connectivity index (χ2v) is 5.58. The van der Waals surface area contributed by atoms with Crippen molar-refractivity contribution in [3.63, 3.8) is 0 Å². The zero-order valence-electron chi connectivity index (χ0n) is 11.6. The van der Waals surface area contributed by atoms with Gasteiger partial charge in [0.25, 0.3) is 5.91 Å². The number of carbonyl (C=O) groups is 2. The van der Waals surface area contributed by atoms with Crippen LogP contribution < -0.4 is 5.32 Å². The van der Waals surface area contributed by atoms with E-state index in [0.717, 1.165) is 0 Å². The van der Waals surface area contributed by atoms with Crippen molar-refractivity contribution < 1.29 is 19.8 Å². The molecule has 0 fully saturated rings. The first kappa shape index (κ1) is 16.6. The van der Waals surface area contributed by atoms with Crippen molar-refractivity contribution in [3.05, 3.63) is 22.4 Å². The van der Waals surface area contributed by atoms with Gasteiger partial charge in [0.2, 0.25) is 5.91 Å². The highest BCUT2D eigenvalue weighted by Gasteiger charge is 2.29. The third-order valence-corrected chi connectivity index (χ3v) is 4.00. The predicted molar refractivity (Wildman–Crippen MR) is 76.6 cm³/mol. The van der Waals surface area contributed by atoms with Gasteiger partial charge in [0.05, 0.1) is 30.2 Å². The Bertz CT molecular complexity index is 435. The molecule has 0 aliphatic carbocycles. The summed E-state index contributed by atoms with van der Waals surface area (Å²) in [4.78, 5) is 25.7. The van der Waals surface area contributed by atoms with Crippen LogP contribution in [0.3, 0.4) is 0 Å². The van der Waals surface area contributed by atoms with Gasteiger partial charge in [-0.3, -0.25) is 9.59 Å². The number of hydrogen-bond acceptors (Lipinski definition) is 5. The normalized spacial score (nSPS) is 11.2. The fourth-order valence-corrected chi connectivity index (χ4v) is 2.37. The maximum atomic E-state index is 12.0. The van der Waals surface area contributed by atoms with Gasteiger partial charge in [-0.05, 0) is 17.9 Å². The molecule has 0 radical (unpaired) electrons. The molecule has 1 aromatic rings. The molecule has 1 heterocycles. The molecule has 0 aliphatic heterocycles. The Hall–Kier alpha value is -1.44. The van der Waals surface area contributed by atoms with E-state index in [1.54, 1.807) is 24.4 Å². The number of aliphatic hydroxyl groups is 2. The fourth-order valence-electron chi connectivity index (χ4n) is 1.65. The van der Waals surface area contributed by atoms with Crippen LogP contribution in [0.1, 0.15) is 23.0 Å². The van der Waals surface area contributed by atoms with E-state index in [4.69, 9.17) is 0 Å². The summed E-state index contributed by atoms with van der Waals surface area (Å²) in [5.41, 5.74) is -1.04. The molecule has 0 spiro atoms. The Balaban J connectivity index is 2.60. The molecular weight excluding hydrogens is 280 g/mol. The first-order chi connectivity index (χ1) is 9.48. The van der Waals surface area contributed by atoms with E-state index in [9.17, 15) is 19.8 Å². The summed E-state index contributed by atoms with van der Waals surface area (Å²) in [6.07, 6.45) is 0.397. The van der Waals surface area contributed by atoms with Crippen molar-refractivity contribution in [1.29, 1.82) is 0 Å². The van der Waals surface area contributed by atoms with Crippen LogP contribution in [0.5, 0.6) is 0 Å². The van der Waals surface area contributed by atoms with E-state index in [-0.39, 0.29) is 25.7 Å². The summed E-state index contributed by atoms with van der Waals surface area (Å²) in [7, 11) is 1.53. The standard InChI is InChI=1S/C13H20N2O4S/c1-3-13(8-16,9-17)14-11(18)7-15(2)12(19)10-5-4-6-20-10/h4-6,16-17H,3,7-9H2,1-2H3,(H,14,18). The van der Waals surface area contributed by atoms with Gasteiger partial charge in [0, 0.05) is 7.05 Å². The number of rotatable bonds is 7. The molecule has 112 valence electrons. The van der Waals surface area contributed by atoms with Crippen molar-refractivity contribution in [3.8, 4) is 0 Å². The van der Waals surface area contributed by atoms with Crippen molar-refractivity contribution in [1.82, 2.24) is 10.2 Å². The second kappa shape index (κ2) is 7.37. The van der Waals surface area contributed by atoms with Gasteiger partial charge < -0.3 is 20.4 Å². The van der Waals surface area contributed by atoms with E-state index in [2.05, 4.69) is 5.32 Å². The Kier molecular flexibility index (Phi) is 6.12. The van der Waals surface area contributed by atoms with Crippen LogP contribution in [0.2, 0.25) is 0 Å². The number of aliphatic hydroxyl groups excluding tert-OH is 2. The molecule has 0 saturated heterocycles. The molecule has 7 heteroatoms. The van der Waals surface area contributed by atoms with Crippen LogP contribution in [0.25, 0.3) is 0 Å². The lowest BCUT2D eigenvalue weighted by Gasteiger charge is -2.30. The number of thiophene rings is 1. The van der Waals surface area contributed by atoms with Crippen molar-refractivity contribution >= 4 is 23.2 Å². The number of likely N-dealkylation sites (N-methyl/N-ethyl adjacent to an activating group) is 1. The number of nitrogens with zero attached hydrogens (tertiary/aromatic N) is 1. The fraction of sp³-hybridized carbons (Fsp3) is 0.538. The average molecular weight is 300 g/mol. The van der Waals surface area contributed by atoms with Gasteiger partial charge in [-0.25, -0.2) is 0 Å². The third-order valence-electron chi connectivity index (χ3n) is 3.15. The lowest BCUT2D eigenvalue weighted by Crippen LogP contribution is -2.56. The molecule has 0 bridgehead atoms. The van der Waals surface area contributed by atoms with Crippen LogP contribution in [0.15, 0.2) is 17.5 Å². The number of amides is 2. The smallest absolute Gasteiger partial charge is 0.264 e. The van der Waals surface area contributed by atoms with E-state index in [1.807, 2.05) is 0 Å². The van der Waals surface area contributed by atoms with Gasteiger partial charge in [-0.2, -0.15) is 0 Å². The zero-order chi connectivity index (χ0) is 15.2. The average Bonchev–Trinajstić information content (AvgIpc) is 2.98. The SMILES string of the molecule is CCC(CO)(CO)NC(=O)CN(C)C(=O)c1cccs1. The second-order valence-electron chi connectivity index (χ2n) is 4.64. The number of nitrogens with one attached hydrogen (secondary N) is 1. The minimum Gasteiger partial charge on any atom is -0.394 e. The molecule has 0 aliphatic rings. The van der Waals surface area contributed by atoms with Gasteiger partial charge in [-0.1, -0.05) is 13.0 Å². The van der Waals surface area contributed by atoms with Crippen LogP contribution in [-0.2, 0) is 4.79 Å². The predicted octanol–water partition coefficient (Wildman–Crippen LogP) is 0.0697. The largest absolute Gasteiger partial charge is 0.394 e. The minimum atomic E-state index is -1.04. The summed E-state index contributed by atoms with van der Waals surface area (Å²) in [5, 5.41) is 22.9. The quantitative estimate of drug-likeness (QED) is 0.665. The van der Waals surface area contributed by atoms with E-state index >= 15 is 0 Å². The van der Waals surface area contributed by atoms with E-state index < -0.39 is 11.4 Å². The summed E-state index contributed by atoms with van der Waals surface area (Å²) in [5.74, 6) is -0.646. The number of hydrogen-bond donors (Lipinski definition) is 3. The molecule has 2 amide bonds. The minimum absolute atomic E-state index is 0.127. The maximum Gasteiger partial charge on any atom is 0.264 e. The Morgan fingerprint density at radius 2 is 2.05 bits per heavy atom. The van der Waals surface area contributed by atoms with Gasteiger partial charge in [0.15, 0.2) is 0 Å². The molecule has 0 atom stereocenters. The molecule has 1 rings (SSSR count). The molecule has 0 saturated carbocycles. The summed E-state index contributed by atoms with van der Waals surface area (Å²) < 4.78 is 0. The summed E-state index contributed by atoms with van der Waals surface area (Å²) in [6, 6.07) is 3.46. The molecule has 6 nitrogen and oxygen atoms in total. The Morgan fingerprint density at radius 1 is 1.40 bits per heavy atom. The number of carbonyl (C=O) groups excluding carboxylic acids is 2. The molecule has 3 N–H and O–H groups in total. The topological polar surface area (TPSA) is 89.9 Å². The molecular formula is C13H20N2O4S. The van der Waals surface area contributed by atoms with E-state index in [0.29, 0.717) is 11.3 Å². The Labute approximate surface area is 122 Å². The van der Waals surface area contributed by atoms with Crippen LogP contribution in [-0.4, -0.2) is 59.3 Å². The molecule has 1 aromatic heterocycles. The first-order valence-corrected chi connectivity index (χ1v) is 7.17. The van der Waals surface area contributed by atoms with Gasteiger partial charge in [0.1, 0.15) is 0 Å². The highest BCUT2D eigenvalue weighted by atomic mass is 32.1. The first-order valence-electron chi connectivity index (χ1n) is 6.29. The van der Waals surface area contributed by atoms with Gasteiger partial charge >= 0.3 is 0 Å². The van der Waals surface area contributed by atoms with Crippen molar-refractivity contribution in [2.75, 3.05) is 26.8 Å². The maximum absolute atomic E-state index is 12.0. The molecule has 0 aromatic carbocycles. The lowest BCUT2D eigenvalue weighted by molar-refractivity contribution is -0.125.